The molecule has 0 spiro atoms. The highest BCUT2D eigenvalue weighted by Gasteiger charge is 2.21. The lowest BCUT2D eigenvalue weighted by Crippen LogP contribution is -2.09. The minimum absolute atomic E-state index is 0.150. The predicted octanol–water partition coefficient (Wildman–Crippen LogP) is 2.33. The lowest BCUT2D eigenvalue weighted by Gasteiger charge is -2.08. The Hall–Kier alpha value is -3.02. The van der Waals surface area contributed by atoms with Gasteiger partial charge in [0.25, 0.3) is 5.56 Å². The summed E-state index contributed by atoms with van der Waals surface area (Å²) in [4.78, 5) is 19.5. The molecule has 3 aromatic rings. The molecule has 2 heterocycles. The Morgan fingerprint density at radius 3 is 2.95 bits per heavy atom. The number of methoxy groups -OCH3 is 1. The molecule has 4 rings (SSSR count). The van der Waals surface area contributed by atoms with Crippen LogP contribution in [-0.4, -0.2) is 23.9 Å². The molecule has 0 saturated heterocycles. The Balaban J connectivity index is 1.94. The van der Waals surface area contributed by atoms with E-state index in [2.05, 4.69) is 9.97 Å². The number of H-pyrrole nitrogens is 1. The maximum absolute atomic E-state index is 12.2. The maximum Gasteiger partial charge on any atom is 0.259 e. The highest BCUT2D eigenvalue weighted by atomic mass is 16.7. The van der Waals surface area contributed by atoms with Gasteiger partial charge in [0.2, 0.25) is 12.5 Å². The topological polar surface area (TPSA) is 73.4 Å². The zero-order valence-electron chi connectivity index (χ0n) is 11.8. The Labute approximate surface area is 125 Å². The molecule has 0 amide bonds. The van der Waals surface area contributed by atoms with Crippen molar-refractivity contribution in [3.8, 4) is 28.6 Å². The first-order valence-electron chi connectivity index (χ1n) is 6.73. The van der Waals surface area contributed by atoms with Gasteiger partial charge in [-0.2, -0.15) is 0 Å². The number of aromatic amines is 1. The number of nitrogens with one attached hydrogen (secondary N) is 1. The molecule has 2 aromatic carbocycles. The van der Waals surface area contributed by atoms with Crippen molar-refractivity contribution in [2.75, 3.05) is 13.9 Å². The van der Waals surface area contributed by atoms with Crippen LogP contribution in [0.5, 0.6) is 17.2 Å². The van der Waals surface area contributed by atoms with Gasteiger partial charge in [-0.1, -0.05) is 12.1 Å². The summed E-state index contributed by atoms with van der Waals surface area (Å²) < 4.78 is 16.1. The van der Waals surface area contributed by atoms with Gasteiger partial charge in [0.1, 0.15) is 5.82 Å². The predicted molar refractivity (Wildman–Crippen MR) is 80.5 cm³/mol. The van der Waals surface area contributed by atoms with Gasteiger partial charge in [-0.3, -0.25) is 4.79 Å². The third-order valence-electron chi connectivity index (χ3n) is 3.54. The van der Waals surface area contributed by atoms with Crippen LogP contribution in [0.25, 0.3) is 22.3 Å². The number of fused-ring (bicyclic) bond motifs is 2. The minimum atomic E-state index is -0.183. The second-order valence-corrected chi connectivity index (χ2v) is 4.84. The molecule has 6 nitrogen and oxygen atoms in total. The Morgan fingerprint density at radius 2 is 2.09 bits per heavy atom. The van der Waals surface area contributed by atoms with Gasteiger partial charge < -0.3 is 19.2 Å². The first-order chi connectivity index (χ1) is 10.8. The molecule has 1 aliphatic heterocycles. The van der Waals surface area contributed by atoms with Crippen molar-refractivity contribution in [3.05, 3.63) is 46.8 Å². The molecular formula is C16H12N2O4. The number of nitrogens with zero attached hydrogens (tertiary/aromatic N) is 1. The average molecular weight is 296 g/mol. The van der Waals surface area contributed by atoms with Crippen LogP contribution in [0, 0.1) is 0 Å². The summed E-state index contributed by atoms with van der Waals surface area (Å²) in [7, 11) is 1.55. The zero-order valence-corrected chi connectivity index (χ0v) is 11.8. The van der Waals surface area contributed by atoms with Crippen molar-refractivity contribution in [2.45, 2.75) is 0 Å². The minimum Gasteiger partial charge on any atom is -0.493 e. The van der Waals surface area contributed by atoms with Crippen molar-refractivity contribution in [1.82, 2.24) is 9.97 Å². The monoisotopic (exact) mass is 296 g/mol. The third kappa shape index (κ3) is 1.88. The number of aromatic nitrogens is 2. The summed E-state index contributed by atoms with van der Waals surface area (Å²) in [6.07, 6.45) is 0. The van der Waals surface area contributed by atoms with Gasteiger partial charge in [-0.15, -0.1) is 0 Å². The van der Waals surface area contributed by atoms with Crippen molar-refractivity contribution in [2.24, 2.45) is 0 Å². The molecule has 0 aliphatic carbocycles. The van der Waals surface area contributed by atoms with Crippen molar-refractivity contribution < 1.29 is 14.2 Å². The lowest BCUT2D eigenvalue weighted by atomic mass is 10.1. The molecule has 22 heavy (non-hydrogen) atoms. The SMILES string of the molecule is COc1cc(-c2nc3ccccc3c(=O)[nH]2)cc2c1OCO2. The van der Waals surface area contributed by atoms with E-state index >= 15 is 0 Å². The van der Waals surface area contributed by atoms with E-state index in [0.717, 1.165) is 0 Å². The zero-order chi connectivity index (χ0) is 15.1. The van der Waals surface area contributed by atoms with Crippen molar-refractivity contribution in [3.63, 3.8) is 0 Å². The highest BCUT2D eigenvalue weighted by Crippen LogP contribution is 2.43. The van der Waals surface area contributed by atoms with Gasteiger partial charge in [0.05, 0.1) is 18.0 Å². The van der Waals surface area contributed by atoms with Crippen LogP contribution in [0.3, 0.4) is 0 Å². The van der Waals surface area contributed by atoms with Crippen LogP contribution in [-0.2, 0) is 0 Å². The number of benzene rings is 2. The Bertz CT molecular complexity index is 933. The van der Waals surface area contributed by atoms with E-state index in [1.165, 1.54) is 0 Å². The Morgan fingerprint density at radius 1 is 1.23 bits per heavy atom. The van der Waals surface area contributed by atoms with E-state index in [1.807, 2.05) is 12.1 Å². The fourth-order valence-corrected chi connectivity index (χ4v) is 2.49. The molecule has 1 N–H and O–H groups in total. The first-order valence-corrected chi connectivity index (χ1v) is 6.73. The molecule has 1 aromatic heterocycles. The standard InChI is InChI=1S/C16H12N2O4/c1-20-12-6-9(7-13-14(12)22-8-21-13)15-17-11-5-3-2-4-10(11)16(19)18-15/h2-7H,8H2,1H3,(H,17,18,19). The largest absolute Gasteiger partial charge is 0.493 e. The fraction of sp³-hybridized carbons (Fsp3) is 0.125. The molecule has 0 bridgehead atoms. The van der Waals surface area contributed by atoms with E-state index in [4.69, 9.17) is 14.2 Å². The lowest BCUT2D eigenvalue weighted by molar-refractivity contribution is 0.171. The normalized spacial score (nSPS) is 12.6. The number of hydrogen-bond donors (Lipinski definition) is 1. The second kappa shape index (κ2) is 4.77. The molecular weight excluding hydrogens is 284 g/mol. The molecule has 0 fully saturated rings. The Kier molecular flexibility index (Phi) is 2.75. The number of para-hydroxylation sites is 1. The van der Waals surface area contributed by atoms with Crippen LogP contribution < -0.4 is 19.8 Å². The van der Waals surface area contributed by atoms with Gasteiger partial charge in [-0.25, -0.2) is 4.98 Å². The van der Waals surface area contributed by atoms with Gasteiger partial charge in [0.15, 0.2) is 11.5 Å². The number of ether oxygens (including phenoxy) is 3. The third-order valence-corrected chi connectivity index (χ3v) is 3.54. The van der Waals surface area contributed by atoms with Gasteiger partial charge in [0, 0.05) is 5.56 Å². The maximum atomic E-state index is 12.2. The summed E-state index contributed by atoms with van der Waals surface area (Å²) in [5.41, 5.74) is 1.15. The molecule has 6 heteroatoms. The van der Waals surface area contributed by atoms with Gasteiger partial charge >= 0.3 is 0 Å². The van der Waals surface area contributed by atoms with E-state index < -0.39 is 0 Å². The van der Waals surface area contributed by atoms with Crippen LogP contribution >= 0.6 is 0 Å². The summed E-state index contributed by atoms with van der Waals surface area (Å²) in [6, 6.07) is 10.7. The van der Waals surface area contributed by atoms with Crippen LogP contribution in [0.4, 0.5) is 0 Å². The fourth-order valence-electron chi connectivity index (χ4n) is 2.49. The molecule has 110 valence electrons. The molecule has 0 saturated carbocycles. The van der Waals surface area contributed by atoms with Gasteiger partial charge in [-0.05, 0) is 24.3 Å². The smallest absolute Gasteiger partial charge is 0.259 e. The molecule has 1 aliphatic rings. The molecule has 0 atom stereocenters. The van der Waals surface area contributed by atoms with Crippen LogP contribution in [0.1, 0.15) is 0 Å². The summed E-state index contributed by atoms with van der Waals surface area (Å²) >= 11 is 0. The van der Waals surface area contributed by atoms with E-state index in [1.54, 1.807) is 31.4 Å². The van der Waals surface area contributed by atoms with E-state index in [0.29, 0.717) is 39.5 Å². The molecule has 0 radical (unpaired) electrons. The number of hydrogen-bond acceptors (Lipinski definition) is 5. The van der Waals surface area contributed by atoms with E-state index in [9.17, 15) is 4.79 Å². The van der Waals surface area contributed by atoms with E-state index in [-0.39, 0.29) is 12.4 Å². The van der Waals surface area contributed by atoms with Crippen molar-refractivity contribution >= 4 is 10.9 Å². The summed E-state index contributed by atoms with van der Waals surface area (Å²) in [5.74, 6) is 2.14. The van der Waals surface area contributed by atoms with Crippen LogP contribution in [0.15, 0.2) is 41.2 Å². The summed E-state index contributed by atoms with van der Waals surface area (Å²) in [5, 5.41) is 0.555. The van der Waals surface area contributed by atoms with Crippen LogP contribution in [0.2, 0.25) is 0 Å². The first kappa shape index (κ1) is 12.7. The summed E-state index contributed by atoms with van der Waals surface area (Å²) in [6.45, 7) is 0.150. The quantitative estimate of drug-likeness (QED) is 0.785. The average Bonchev–Trinajstić information content (AvgIpc) is 3.02. The molecule has 0 unspecified atom stereocenters. The highest BCUT2D eigenvalue weighted by molar-refractivity contribution is 5.80. The van der Waals surface area contributed by atoms with Crippen molar-refractivity contribution in [1.29, 1.82) is 0 Å². The number of rotatable bonds is 2. The second-order valence-electron chi connectivity index (χ2n) is 4.84.